The molecule has 1 atom stereocenters. The van der Waals surface area contributed by atoms with Crippen LogP contribution in [-0.2, 0) is 17.8 Å². The topological polar surface area (TPSA) is 54.0 Å². The third-order valence-electron chi connectivity index (χ3n) is 2.96. The fraction of sp³-hybridized carbons (Fsp3) is 0.571. The summed E-state index contributed by atoms with van der Waals surface area (Å²) in [7, 11) is 0. The third-order valence-corrected chi connectivity index (χ3v) is 2.96. The van der Waals surface area contributed by atoms with Crippen LogP contribution in [0.2, 0.25) is 0 Å². The van der Waals surface area contributed by atoms with Gasteiger partial charge in [0.15, 0.2) is 0 Å². The summed E-state index contributed by atoms with van der Waals surface area (Å²) in [4.78, 5) is 15.9. The first-order valence-electron chi connectivity index (χ1n) is 6.60. The molecule has 0 saturated carbocycles. The minimum Gasteiger partial charge on any atom is -0.353 e. The maximum atomic E-state index is 11.6. The molecule has 2 N–H and O–H groups in total. The predicted octanol–water partition coefficient (Wildman–Crippen LogP) is 1.65. The first-order chi connectivity index (χ1) is 8.67. The number of amides is 1. The average molecular weight is 249 g/mol. The molecule has 18 heavy (non-hydrogen) atoms. The van der Waals surface area contributed by atoms with Crippen molar-refractivity contribution in [1.82, 2.24) is 15.6 Å². The molecule has 4 nitrogen and oxygen atoms in total. The largest absolute Gasteiger partial charge is 0.353 e. The molecule has 0 spiro atoms. The van der Waals surface area contributed by atoms with Crippen LogP contribution < -0.4 is 10.6 Å². The zero-order valence-corrected chi connectivity index (χ0v) is 11.5. The molecule has 100 valence electrons. The van der Waals surface area contributed by atoms with Crippen molar-refractivity contribution >= 4 is 5.91 Å². The maximum absolute atomic E-state index is 11.6. The van der Waals surface area contributed by atoms with E-state index in [4.69, 9.17) is 0 Å². The van der Waals surface area contributed by atoms with Crippen molar-refractivity contribution in [1.29, 1.82) is 0 Å². The van der Waals surface area contributed by atoms with Crippen LogP contribution in [0.3, 0.4) is 0 Å². The second-order valence-corrected chi connectivity index (χ2v) is 4.44. The summed E-state index contributed by atoms with van der Waals surface area (Å²) in [5.74, 6) is 0.0401. The van der Waals surface area contributed by atoms with Gasteiger partial charge in [0.1, 0.15) is 0 Å². The van der Waals surface area contributed by atoms with E-state index in [-0.39, 0.29) is 11.9 Å². The van der Waals surface area contributed by atoms with Crippen LogP contribution in [0, 0.1) is 0 Å². The number of rotatable bonds is 7. The fourth-order valence-corrected chi connectivity index (χ4v) is 1.67. The van der Waals surface area contributed by atoms with E-state index in [1.165, 1.54) is 5.56 Å². The molecule has 1 rings (SSSR count). The number of aromatic nitrogens is 1. The van der Waals surface area contributed by atoms with Gasteiger partial charge in [0, 0.05) is 18.8 Å². The zero-order valence-electron chi connectivity index (χ0n) is 11.5. The molecule has 1 heterocycles. The smallest absolute Gasteiger partial charge is 0.234 e. The van der Waals surface area contributed by atoms with E-state index < -0.39 is 0 Å². The molecule has 0 bridgehead atoms. The van der Waals surface area contributed by atoms with E-state index in [2.05, 4.69) is 35.5 Å². The molecule has 0 aliphatic rings. The van der Waals surface area contributed by atoms with Gasteiger partial charge >= 0.3 is 0 Å². The number of hydrogen-bond acceptors (Lipinski definition) is 3. The van der Waals surface area contributed by atoms with Crippen molar-refractivity contribution in [2.24, 2.45) is 0 Å². The number of carbonyl (C=O) groups excluding carboxylic acids is 1. The fourth-order valence-electron chi connectivity index (χ4n) is 1.67. The summed E-state index contributed by atoms with van der Waals surface area (Å²) >= 11 is 0. The molecule has 1 aromatic heterocycles. The number of nitrogens with zero attached hydrogens (tertiary/aromatic N) is 1. The minimum absolute atomic E-state index is 0.0401. The van der Waals surface area contributed by atoms with Gasteiger partial charge in [-0.2, -0.15) is 0 Å². The van der Waals surface area contributed by atoms with Gasteiger partial charge in [-0.25, -0.2) is 0 Å². The lowest BCUT2D eigenvalue weighted by atomic mass is 10.1. The minimum atomic E-state index is 0.0401. The molecule has 1 amide bonds. The number of aryl methyl sites for hydroxylation is 1. The molecule has 0 fully saturated rings. The summed E-state index contributed by atoms with van der Waals surface area (Å²) in [6, 6.07) is 4.25. The second-order valence-electron chi connectivity index (χ2n) is 4.44. The average Bonchev–Trinajstić information content (AvgIpc) is 2.39. The van der Waals surface area contributed by atoms with Crippen molar-refractivity contribution in [2.75, 3.05) is 6.54 Å². The Labute approximate surface area is 109 Å². The summed E-state index contributed by atoms with van der Waals surface area (Å²) in [5, 5.41) is 6.05. The third kappa shape index (κ3) is 4.84. The molecule has 1 unspecified atom stereocenters. The normalized spacial score (nSPS) is 12.2. The number of nitrogens with one attached hydrogen (secondary N) is 2. The molecule has 0 aliphatic carbocycles. The highest BCUT2D eigenvalue weighted by Gasteiger charge is 2.06. The molecule has 0 radical (unpaired) electrons. The van der Waals surface area contributed by atoms with Crippen LogP contribution in [0.25, 0.3) is 0 Å². The van der Waals surface area contributed by atoms with E-state index in [1.54, 1.807) is 6.20 Å². The number of pyridine rings is 1. The molecule has 0 aromatic carbocycles. The Hall–Kier alpha value is -1.42. The van der Waals surface area contributed by atoms with Gasteiger partial charge in [-0.05, 0) is 31.4 Å². The Kier molecular flexibility index (Phi) is 6.36. The molecule has 0 aliphatic heterocycles. The van der Waals surface area contributed by atoms with E-state index in [9.17, 15) is 4.79 Å². The lowest BCUT2D eigenvalue weighted by Crippen LogP contribution is -2.38. The molecular weight excluding hydrogens is 226 g/mol. The van der Waals surface area contributed by atoms with Crippen molar-refractivity contribution < 1.29 is 4.79 Å². The van der Waals surface area contributed by atoms with Crippen LogP contribution in [0.1, 0.15) is 38.4 Å². The summed E-state index contributed by atoms with van der Waals surface area (Å²) in [5.41, 5.74) is 2.25. The van der Waals surface area contributed by atoms with E-state index in [1.807, 2.05) is 13.0 Å². The highest BCUT2D eigenvalue weighted by Crippen LogP contribution is 2.05. The van der Waals surface area contributed by atoms with Gasteiger partial charge in [0.05, 0.1) is 12.2 Å². The molecular formula is C14H23N3O. The van der Waals surface area contributed by atoms with Gasteiger partial charge in [-0.3, -0.25) is 9.78 Å². The molecule has 4 heteroatoms. The Morgan fingerprint density at radius 2 is 2.22 bits per heavy atom. The van der Waals surface area contributed by atoms with Gasteiger partial charge in [-0.15, -0.1) is 0 Å². The highest BCUT2D eigenvalue weighted by atomic mass is 16.1. The summed E-state index contributed by atoms with van der Waals surface area (Å²) < 4.78 is 0. The highest BCUT2D eigenvalue weighted by molar-refractivity contribution is 5.78. The molecule has 1 aromatic rings. The van der Waals surface area contributed by atoms with Gasteiger partial charge in [0.25, 0.3) is 0 Å². The van der Waals surface area contributed by atoms with Crippen LogP contribution in [0.15, 0.2) is 18.3 Å². The SMILES string of the molecule is CCc1cccnc1CNCC(=O)NC(C)CC. The van der Waals surface area contributed by atoms with Gasteiger partial charge < -0.3 is 10.6 Å². The lowest BCUT2D eigenvalue weighted by Gasteiger charge is -2.12. The van der Waals surface area contributed by atoms with Gasteiger partial charge in [0.2, 0.25) is 5.91 Å². The summed E-state index contributed by atoms with van der Waals surface area (Å²) in [6.45, 7) is 7.14. The van der Waals surface area contributed by atoms with Gasteiger partial charge in [-0.1, -0.05) is 19.9 Å². The predicted molar refractivity (Wildman–Crippen MR) is 73.2 cm³/mol. The van der Waals surface area contributed by atoms with Crippen molar-refractivity contribution in [3.05, 3.63) is 29.6 Å². The lowest BCUT2D eigenvalue weighted by molar-refractivity contribution is -0.120. The van der Waals surface area contributed by atoms with Crippen LogP contribution in [0.4, 0.5) is 0 Å². The van der Waals surface area contributed by atoms with Crippen LogP contribution in [0.5, 0.6) is 0 Å². The van der Waals surface area contributed by atoms with E-state index in [0.29, 0.717) is 13.1 Å². The summed E-state index contributed by atoms with van der Waals surface area (Å²) in [6.07, 6.45) is 3.70. The Morgan fingerprint density at radius 1 is 1.44 bits per heavy atom. The standard InChI is InChI=1S/C14H23N3O/c1-4-11(3)17-14(18)10-15-9-13-12(5-2)7-6-8-16-13/h6-8,11,15H,4-5,9-10H2,1-3H3,(H,17,18). The van der Waals surface area contributed by atoms with Crippen molar-refractivity contribution in [3.63, 3.8) is 0 Å². The maximum Gasteiger partial charge on any atom is 0.234 e. The Morgan fingerprint density at radius 3 is 2.89 bits per heavy atom. The first-order valence-corrected chi connectivity index (χ1v) is 6.60. The molecule has 0 saturated heterocycles. The number of hydrogen-bond donors (Lipinski definition) is 2. The van der Waals surface area contributed by atoms with E-state index >= 15 is 0 Å². The van der Waals surface area contributed by atoms with E-state index in [0.717, 1.165) is 18.5 Å². The zero-order chi connectivity index (χ0) is 13.4. The van der Waals surface area contributed by atoms with Crippen LogP contribution in [-0.4, -0.2) is 23.5 Å². The first kappa shape index (κ1) is 14.6. The van der Waals surface area contributed by atoms with Crippen molar-refractivity contribution in [3.8, 4) is 0 Å². The monoisotopic (exact) mass is 249 g/mol. The Balaban J connectivity index is 2.35. The quantitative estimate of drug-likeness (QED) is 0.772. The second kappa shape index (κ2) is 7.82. The van der Waals surface area contributed by atoms with Crippen molar-refractivity contribution in [2.45, 2.75) is 46.2 Å². The van der Waals surface area contributed by atoms with Crippen LogP contribution >= 0.6 is 0 Å². The Bertz CT molecular complexity index is 379. The number of carbonyl (C=O) groups is 1.